The van der Waals surface area contributed by atoms with Crippen LogP contribution in [0.2, 0.25) is 0 Å². The van der Waals surface area contributed by atoms with Crippen LogP contribution in [0, 0.1) is 35.5 Å². The van der Waals surface area contributed by atoms with E-state index in [1.54, 1.807) is 0 Å². The second-order valence-electron chi connectivity index (χ2n) is 21.6. The molecule has 6 N–H and O–H groups in total. The van der Waals surface area contributed by atoms with Gasteiger partial charge in [-0.05, 0) is 77.0 Å². The van der Waals surface area contributed by atoms with Crippen molar-refractivity contribution in [1.29, 1.82) is 0 Å². The Morgan fingerprint density at radius 3 is 1.86 bits per heavy atom. The van der Waals surface area contributed by atoms with Crippen molar-refractivity contribution in [2.75, 3.05) is 31.6 Å². The van der Waals surface area contributed by atoms with Gasteiger partial charge in [0.1, 0.15) is 18.1 Å². The third-order valence-electron chi connectivity index (χ3n) is 15.1. The highest BCUT2D eigenvalue weighted by atomic mass is 32.2. The fourth-order valence-corrected chi connectivity index (χ4v) is 11.5. The van der Waals surface area contributed by atoms with Crippen LogP contribution in [-0.2, 0) is 43.2 Å². The number of carbonyl (C=O) groups excluding carboxylic acids is 9. The van der Waals surface area contributed by atoms with E-state index in [9.17, 15) is 53.4 Å². The number of aliphatic hydroxyl groups excluding tert-OH is 2. The SMILES string of the molecule is CC(C)C[C@@H]1NC(=O)CSC[C@@H](C(=O)C[C@@H](CC2CCCCC2)C(=O)N2CCCCC2)NC(=O)[C@H](C)CC(=O)[C@H](C(C)O)NC(=O)[C@H]([C@@H](C)O)CC(=O)[C@H](CC2CCCCC2)NC(=O)[C@H](C)N(C)C1=O. The number of hydrogen-bond acceptors (Lipinski definition) is 12. The van der Waals surface area contributed by atoms with E-state index in [4.69, 9.17) is 0 Å². The fraction of sp³-hybridized carbons (Fsp3) is 0.827. The maximum Gasteiger partial charge on any atom is 0.245 e. The normalized spacial score (nSPS) is 29.3. The summed E-state index contributed by atoms with van der Waals surface area (Å²) in [7, 11) is 1.45. The van der Waals surface area contributed by atoms with Crippen molar-refractivity contribution in [3.63, 3.8) is 0 Å². The molecule has 6 amide bonds. The molecule has 2 aliphatic heterocycles. The minimum Gasteiger partial charge on any atom is -0.393 e. The number of likely N-dealkylation sites (tertiary alicyclic amines) is 1. The largest absolute Gasteiger partial charge is 0.393 e. The monoisotopic (exact) mass is 1000 g/mol. The summed E-state index contributed by atoms with van der Waals surface area (Å²) >= 11 is 1.07. The van der Waals surface area contributed by atoms with E-state index in [0.717, 1.165) is 95.2 Å². The number of carbonyl (C=O) groups is 9. The predicted octanol–water partition coefficient (Wildman–Crippen LogP) is 4.03. The Hall–Kier alpha value is -3.90. The number of likely N-dealkylation sites (N-methyl/N-ethyl adjacent to an activating group) is 1. The van der Waals surface area contributed by atoms with Crippen molar-refractivity contribution >= 4 is 64.6 Å². The van der Waals surface area contributed by atoms with Crippen LogP contribution in [0.25, 0.3) is 0 Å². The number of rotatable bonds is 12. The number of nitrogens with one attached hydrogen (secondary N) is 4. The van der Waals surface area contributed by atoms with Gasteiger partial charge in [0.25, 0.3) is 0 Å². The minimum absolute atomic E-state index is 0.0426. The highest BCUT2D eigenvalue weighted by molar-refractivity contribution is 8.00. The molecule has 396 valence electrons. The summed E-state index contributed by atoms with van der Waals surface area (Å²) in [5, 5.41) is 32.7. The molecule has 4 fully saturated rings. The Kier molecular flexibility index (Phi) is 24.3. The second kappa shape index (κ2) is 29.0. The molecule has 10 atom stereocenters. The van der Waals surface area contributed by atoms with Crippen LogP contribution < -0.4 is 21.3 Å². The average Bonchev–Trinajstić information content (AvgIpc) is 3.32. The summed E-state index contributed by atoms with van der Waals surface area (Å²) in [5.41, 5.74) is 0. The van der Waals surface area contributed by atoms with E-state index in [1.807, 2.05) is 18.7 Å². The van der Waals surface area contributed by atoms with Gasteiger partial charge in [-0.1, -0.05) is 85.0 Å². The van der Waals surface area contributed by atoms with Crippen molar-refractivity contribution in [2.45, 2.75) is 206 Å². The Bertz CT molecular complexity index is 1790. The molecule has 2 aliphatic carbocycles. The van der Waals surface area contributed by atoms with Crippen LogP contribution in [-0.4, -0.2) is 147 Å². The first-order valence-electron chi connectivity index (χ1n) is 26.4. The average molecular weight is 1000 g/mol. The van der Waals surface area contributed by atoms with Gasteiger partial charge in [-0.25, -0.2) is 0 Å². The number of amides is 6. The zero-order valence-corrected chi connectivity index (χ0v) is 44.0. The lowest BCUT2D eigenvalue weighted by Crippen LogP contribution is -2.56. The zero-order valence-electron chi connectivity index (χ0n) is 43.1. The Morgan fingerprint density at radius 1 is 0.671 bits per heavy atom. The molecule has 70 heavy (non-hydrogen) atoms. The minimum atomic E-state index is -1.52. The smallest absolute Gasteiger partial charge is 0.245 e. The molecular weight excluding hydrogens is 917 g/mol. The topological polar surface area (TPSA) is 249 Å². The van der Waals surface area contributed by atoms with Gasteiger partial charge < -0.3 is 41.3 Å². The van der Waals surface area contributed by atoms with Crippen LogP contribution in [0.15, 0.2) is 0 Å². The number of thioether (sulfide) groups is 1. The van der Waals surface area contributed by atoms with Crippen molar-refractivity contribution < 1.29 is 53.4 Å². The van der Waals surface area contributed by atoms with Gasteiger partial charge >= 0.3 is 0 Å². The van der Waals surface area contributed by atoms with Crippen molar-refractivity contribution in [3.8, 4) is 0 Å². The molecule has 0 spiro atoms. The van der Waals surface area contributed by atoms with Gasteiger partial charge in [0, 0.05) is 57.0 Å². The van der Waals surface area contributed by atoms with Crippen molar-refractivity contribution in [1.82, 2.24) is 31.1 Å². The van der Waals surface area contributed by atoms with Crippen LogP contribution in [0.1, 0.15) is 164 Å². The van der Waals surface area contributed by atoms with Gasteiger partial charge in [0.2, 0.25) is 35.4 Å². The summed E-state index contributed by atoms with van der Waals surface area (Å²) in [6.07, 6.45) is 9.85. The van der Waals surface area contributed by atoms with Crippen LogP contribution in [0.5, 0.6) is 0 Å². The van der Waals surface area contributed by atoms with Gasteiger partial charge in [-0.15, -0.1) is 11.8 Å². The van der Waals surface area contributed by atoms with Gasteiger partial charge in [0.05, 0.1) is 36.0 Å². The van der Waals surface area contributed by atoms with E-state index in [2.05, 4.69) is 21.3 Å². The molecule has 4 rings (SSSR count). The van der Waals surface area contributed by atoms with E-state index >= 15 is 0 Å². The Morgan fingerprint density at radius 2 is 1.27 bits per heavy atom. The van der Waals surface area contributed by atoms with Crippen LogP contribution in [0.4, 0.5) is 0 Å². The maximum atomic E-state index is 14.5. The molecule has 0 aromatic heterocycles. The molecule has 18 heteroatoms. The molecule has 2 heterocycles. The van der Waals surface area contributed by atoms with Crippen molar-refractivity contribution in [2.24, 2.45) is 35.5 Å². The number of nitrogens with zero attached hydrogens (tertiary/aromatic N) is 2. The molecule has 0 radical (unpaired) electrons. The molecule has 2 saturated carbocycles. The van der Waals surface area contributed by atoms with E-state index in [-0.39, 0.29) is 54.3 Å². The number of Topliss-reactive ketones (excluding diaryl/α,β-unsaturated/α-hetero) is 3. The molecule has 1 unspecified atom stereocenters. The molecule has 4 aliphatic rings. The summed E-state index contributed by atoms with van der Waals surface area (Å²) in [5.74, 6) is -7.79. The lowest BCUT2D eigenvalue weighted by atomic mass is 9.80. The molecule has 17 nitrogen and oxygen atoms in total. The van der Waals surface area contributed by atoms with E-state index in [0.29, 0.717) is 25.4 Å². The summed E-state index contributed by atoms with van der Waals surface area (Å²) in [6, 6.07) is -5.86. The van der Waals surface area contributed by atoms with Crippen molar-refractivity contribution in [3.05, 3.63) is 0 Å². The first kappa shape index (κ1) is 58.7. The number of aliphatic hydroxyl groups is 2. The summed E-state index contributed by atoms with van der Waals surface area (Å²) in [6.45, 7) is 10.7. The zero-order chi connectivity index (χ0) is 51.7. The van der Waals surface area contributed by atoms with Crippen LogP contribution in [0.3, 0.4) is 0 Å². The molecular formula is C52H86N6O11S. The lowest BCUT2D eigenvalue weighted by molar-refractivity contribution is -0.142. The van der Waals surface area contributed by atoms with E-state index < -0.39 is 114 Å². The number of piperidine rings is 1. The van der Waals surface area contributed by atoms with E-state index in [1.165, 1.54) is 39.6 Å². The molecule has 0 bridgehead atoms. The highest BCUT2D eigenvalue weighted by Gasteiger charge is 2.39. The summed E-state index contributed by atoms with van der Waals surface area (Å²) in [4.78, 5) is 130. The standard InChI is InChI=1S/C52H86N6O11S/c1-31(2)23-41-52(69)57(7)33(4)49(66)54-40(26-37-19-13-9-14-20-37)44(62)28-39(34(5)59)50(67)56-47(35(6)60)45(63)24-32(3)48(65)55-42(29-70-30-46(64)53-41)43(61)27-38(25-36-17-11-8-12-18-36)51(68)58-21-15-10-16-22-58/h31-42,47,59-60H,8-30H2,1-7H3,(H,53,64)(H,54,66)(H,55,65)(H,56,67)/t32-,33+,34-,35?,38-,39+,40+,41+,42+,47+/m1/s1. The summed E-state index contributed by atoms with van der Waals surface area (Å²) < 4.78 is 0. The molecule has 0 aromatic rings. The van der Waals surface area contributed by atoms with Gasteiger partial charge in [-0.2, -0.15) is 0 Å². The van der Waals surface area contributed by atoms with Crippen LogP contribution >= 0.6 is 11.8 Å². The first-order chi connectivity index (χ1) is 33.2. The highest BCUT2D eigenvalue weighted by Crippen LogP contribution is 2.33. The van der Waals surface area contributed by atoms with Gasteiger partial charge in [-0.3, -0.25) is 43.2 Å². The fourth-order valence-electron chi connectivity index (χ4n) is 10.6. The third-order valence-corrected chi connectivity index (χ3v) is 16.1. The number of hydrogen-bond donors (Lipinski definition) is 6. The number of ketones is 3. The lowest BCUT2D eigenvalue weighted by Gasteiger charge is -2.33. The molecule has 2 saturated heterocycles. The quantitative estimate of drug-likeness (QED) is 0.162. The Balaban J connectivity index is 1.67. The first-order valence-corrected chi connectivity index (χ1v) is 27.6. The predicted molar refractivity (Wildman–Crippen MR) is 268 cm³/mol. The second-order valence-corrected chi connectivity index (χ2v) is 22.6. The Labute approximate surface area is 420 Å². The third kappa shape index (κ3) is 18.3. The van der Waals surface area contributed by atoms with Gasteiger partial charge in [0.15, 0.2) is 17.3 Å². The molecule has 0 aromatic carbocycles. The maximum absolute atomic E-state index is 14.5.